The summed E-state index contributed by atoms with van der Waals surface area (Å²) in [5.41, 5.74) is 30.2. The molecular weight excluding hydrogens is 1590 g/mol. The van der Waals surface area contributed by atoms with Crippen LogP contribution in [0.25, 0.3) is 164 Å². The number of hydrogen-bond donors (Lipinski definition) is 0. The smallest absolute Gasteiger partial charge is 0.329 e. The monoisotopic (exact) mass is 1670 g/mol. The summed E-state index contributed by atoms with van der Waals surface area (Å²) in [5.74, 6) is 0. The van der Waals surface area contributed by atoms with E-state index in [0.29, 0.717) is 0 Å². The number of hydrogen-bond acceptors (Lipinski definition) is 3. The van der Waals surface area contributed by atoms with E-state index in [4.69, 9.17) is 0 Å². The predicted octanol–water partition coefficient (Wildman–Crippen LogP) is 29.2. The standard InChI is InChI=1S/3C42H28BN/c1-3-14-30(15-4-1)43-42-32(23-13-24-39(42)38-22-11-12-25-41(38)44(43)31-16-5-2-6-17-31)29-26-27-37-35-20-8-7-18-33(35)34-19-9-10-21-36(34)40(37)28-29;1-3-13-31(14-4-1)43-41-28-30(24-26-38(41)39-21-11-12-22-42(39)44(43)32-15-5-2-6-16-32)29-23-25-37-35-19-8-7-17-33(35)34-18-9-10-20-36(34)40(37)27-29;1-3-13-31(14-4-1)43-41-26-24-30(28-40(41)38-21-11-12-22-42(38)44(43)32-15-5-2-6-16-32)29-23-25-37-35-19-8-7-17-33(35)34-18-9-10-20-36(34)39(37)27-29/h3*1-28H. The third-order valence-electron chi connectivity index (χ3n) is 27.9. The Bertz CT molecular complexity index is 8490. The van der Waals surface area contributed by atoms with Crippen LogP contribution in [-0.4, -0.2) is 20.5 Å². The van der Waals surface area contributed by atoms with Crippen molar-refractivity contribution in [2.24, 2.45) is 0 Å². The first-order valence-electron chi connectivity index (χ1n) is 45.9. The highest BCUT2D eigenvalue weighted by Crippen LogP contribution is 2.48. The van der Waals surface area contributed by atoms with E-state index in [9.17, 15) is 0 Å². The van der Waals surface area contributed by atoms with Gasteiger partial charge in [-0.2, -0.15) is 0 Å². The third kappa shape index (κ3) is 13.2. The van der Waals surface area contributed by atoms with Crippen molar-refractivity contribution in [3.63, 3.8) is 0 Å². The Labute approximate surface area is 769 Å². The molecule has 24 aromatic rings. The molecule has 0 bridgehead atoms. The zero-order chi connectivity index (χ0) is 87.1. The molecular formula is C126H84B3N3. The molecule has 3 heterocycles. The van der Waals surface area contributed by atoms with Gasteiger partial charge in [0.1, 0.15) is 0 Å². The average molecular weight is 1670 g/mol. The molecule has 0 radical (unpaired) electrons. The number of nitrogens with zero attached hydrogens (tertiary/aromatic N) is 3. The van der Waals surface area contributed by atoms with Crippen molar-refractivity contribution < 1.29 is 0 Å². The normalized spacial score (nSPS) is 12.5. The van der Waals surface area contributed by atoms with Crippen LogP contribution in [0.2, 0.25) is 0 Å². The zero-order valence-electron chi connectivity index (χ0n) is 72.6. The number of rotatable bonds is 9. The topological polar surface area (TPSA) is 9.72 Å². The summed E-state index contributed by atoms with van der Waals surface area (Å²) in [6.45, 7) is 0.0990. The van der Waals surface area contributed by atoms with Crippen molar-refractivity contribution in [3.05, 3.63) is 510 Å². The van der Waals surface area contributed by atoms with Crippen LogP contribution in [0.4, 0.5) is 34.1 Å². The van der Waals surface area contributed by atoms with Crippen molar-refractivity contribution in [3.8, 4) is 66.8 Å². The molecule has 3 aliphatic rings. The van der Waals surface area contributed by atoms with Crippen LogP contribution in [-0.2, 0) is 0 Å². The van der Waals surface area contributed by atoms with Crippen molar-refractivity contribution >= 4 is 184 Å². The van der Waals surface area contributed by atoms with Crippen molar-refractivity contribution in [2.75, 3.05) is 14.4 Å². The van der Waals surface area contributed by atoms with Gasteiger partial charge in [0.05, 0.1) is 0 Å². The van der Waals surface area contributed by atoms with Gasteiger partial charge in [-0.05, 0) is 242 Å². The summed E-state index contributed by atoms with van der Waals surface area (Å²) in [6.07, 6.45) is 0. The van der Waals surface area contributed by atoms with E-state index in [0.717, 1.165) is 0 Å². The van der Waals surface area contributed by atoms with Crippen LogP contribution in [0.15, 0.2) is 510 Å². The first-order valence-corrected chi connectivity index (χ1v) is 45.9. The van der Waals surface area contributed by atoms with Crippen LogP contribution in [0.3, 0.4) is 0 Å². The summed E-state index contributed by atoms with van der Waals surface area (Å²) >= 11 is 0. The van der Waals surface area contributed by atoms with Crippen LogP contribution < -0.4 is 47.2 Å². The Morgan fingerprint density at radius 1 is 0.129 bits per heavy atom. The molecule has 6 heteroatoms. The van der Waals surface area contributed by atoms with Crippen LogP contribution in [0, 0.1) is 0 Å². The van der Waals surface area contributed by atoms with Gasteiger partial charge in [-0.3, -0.25) is 0 Å². The Morgan fingerprint density at radius 3 is 0.773 bits per heavy atom. The Morgan fingerprint density at radius 2 is 0.379 bits per heavy atom. The number of anilines is 6. The molecule has 0 aliphatic carbocycles. The van der Waals surface area contributed by atoms with E-state index in [1.165, 1.54) is 231 Å². The molecule has 27 rings (SSSR count). The van der Waals surface area contributed by atoms with Crippen LogP contribution >= 0.6 is 0 Å². The molecule has 0 aromatic heterocycles. The van der Waals surface area contributed by atoms with Crippen LogP contribution in [0.1, 0.15) is 0 Å². The molecule has 0 spiro atoms. The van der Waals surface area contributed by atoms with Gasteiger partial charge in [-0.25, -0.2) is 0 Å². The van der Waals surface area contributed by atoms with Gasteiger partial charge < -0.3 is 14.4 Å². The van der Waals surface area contributed by atoms with Crippen molar-refractivity contribution in [1.82, 2.24) is 0 Å². The summed E-state index contributed by atoms with van der Waals surface area (Å²) in [6, 6.07) is 187. The molecule has 0 amide bonds. The van der Waals surface area contributed by atoms with Gasteiger partial charge >= 0.3 is 20.5 Å². The van der Waals surface area contributed by atoms with E-state index in [1.807, 2.05) is 0 Å². The summed E-state index contributed by atoms with van der Waals surface area (Å²) in [5, 5.41) is 23.4. The van der Waals surface area contributed by atoms with Crippen molar-refractivity contribution in [2.45, 2.75) is 0 Å². The summed E-state index contributed by atoms with van der Waals surface area (Å²) in [7, 11) is 0. The van der Waals surface area contributed by atoms with Gasteiger partial charge in [-0.15, -0.1) is 0 Å². The molecule has 0 N–H and O–H groups in total. The number of fused-ring (bicyclic) bond motifs is 27. The lowest BCUT2D eigenvalue weighted by Crippen LogP contribution is -2.58. The fourth-order valence-electron chi connectivity index (χ4n) is 22.1. The van der Waals surface area contributed by atoms with Crippen molar-refractivity contribution in [1.29, 1.82) is 0 Å². The van der Waals surface area contributed by atoms with E-state index < -0.39 is 0 Å². The average Bonchev–Trinajstić information content (AvgIpc) is 0.736. The Kier molecular flexibility index (Phi) is 19.3. The fraction of sp³-hybridized carbons (Fsp3) is 0. The zero-order valence-corrected chi connectivity index (χ0v) is 72.6. The van der Waals surface area contributed by atoms with Gasteiger partial charge in [0.15, 0.2) is 0 Å². The minimum absolute atomic E-state index is 0.00347. The van der Waals surface area contributed by atoms with E-state index in [2.05, 4.69) is 524 Å². The minimum Gasteiger partial charge on any atom is -0.376 e. The van der Waals surface area contributed by atoms with Gasteiger partial charge in [0.25, 0.3) is 0 Å². The van der Waals surface area contributed by atoms with Gasteiger partial charge in [-0.1, -0.05) is 447 Å². The highest BCUT2D eigenvalue weighted by molar-refractivity contribution is 6.93. The first kappa shape index (κ1) is 77.6. The van der Waals surface area contributed by atoms with E-state index in [1.54, 1.807) is 0 Å². The third-order valence-corrected chi connectivity index (χ3v) is 27.9. The van der Waals surface area contributed by atoms with E-state index >= 15 is 0 Å². The Balaban J connectivity index is 0.000000106. The second-order valence-corrected chi connectivity index (χ2v) is 35.0. The number of benzene rings is 24. The highest BCUT2D eigenvalue weighted by atomic mass is 15.1. The highest BCUT2D eigenvalue weighted by Gasteiger charge is 2.42. The lowest BCUT2D eigenvalue weighted by atomic mass is 9.44. The second kappa shape index (κ2) is 32.8. The predicted molar refractivity (Wildman–Crippen MR) is 570 cm³/mol. The van der Waals surface area contributed by atoms with E-state index in [-0.39, 0.29) is 20.5 Å². The summed E-state index contributed by atoms with van der Waals surface area (Å²) in [4.78, 5) is 7.54. The molecule has 132 heavy (non-hydrogen) atoms. The maximum Gasteiger partial charge on any atom is 0.329 e. The van der Waals surface area contributed by atoms with Gasteiger partial charge in [0, 0.05) is 50.8 Å². The summed E-state index contributed by atoms with van der Waals surface area (Å²) < 4.78 is 0. The molecule has 3 nitrogen and oxygen atoms in total. The quantitative estimate of drug-likeness (QED) is 0.105. The minimum atomic E-state index is 0.00347. The molecule has 0 saturated carbocycles. The largest absolute Gasteiger partial charge is 0.376 e. The Hall–Kier alpha value is -16.8. The molecule has 3 aliphatic heterocycles. The molecule has 0 fully saturated rings. The molecule has 0 saturated heterocycles. The SMILES string of the molecule is c1ccc(B2c3c(-c4ccc5c6ccccc6c6ccccc6c5c4)cccc3-c3ccccc3N2c2ccccc2)cc1.c1ccc(B2c3cc(-c4ccc5c6ccccc6c6ccccc6c5c4)ccc3-c3ccccc3N2c2ccccc2)cc1.c1ccc(B2c3ccc(-c4ccc5c6ccccc6c6ccccc6c5c4)cc3-c3ccccc3N2c2ccccc2)cc1. The molecule has 24 aromatic carbocycles. The number of para-hydroxylation sites is 6. The lowest BCUT2D eigenvalue weighted by molar-refractivity contribution is 1.36. The fourth-order valence-corrected chi connectivity index (χ4v) is 22.1. The maximum atomic E-state index is 2.53. The molecule has 612 valence electrons. The molecule has 0 atom stereocenters. The maximum absolute atomic E-state index is 2.53. The van der Waals surface area contributed by atoms with Crippen LogP contribution in [0.5, 0.6) is 0 Å². The second-order valence-electron chi connectivity index (χ2n) is 35.0. The lowest BCUT2D eigenvalue weighted by Gasteiger charge is -2.40. The van der Waals surface area contributed by atoms with Gasteiger partial charge in [0.2, 0.25) is 0 Å². The first-order chi connectivity index (χ1) is 65.6. The molecule has 0 unspecified atom stereocenters.